The summed E-state index contributed by atoms with van der Waals surface area (Å²) in [6.45, 7) is 5.90. The number of unbranched alkanes of at least 4 members (excludes halogenated alkanes) is 1. The Bertz CT molecular complexity index is 422. The van der Waals surface area contributed by atoms with Crippen LogP contribution in [0.2, 0.25) is 0 Å². The van der Waals surface area contributed by atoms with Gasteiger partial charge in [0.25, 0.3) is 0 Å². The van der Waals surface area contributed by atoms with E-state index in [2.05, 4.69) is 29.3 Å². The Hall–Kier alpha value is -1.55. The SMILES string of the molecule is CCCCN(CCC(C)(NC)C(=O)OC)c1ccccc1. The summed E-state index contributed by atoms with van der Waals surface area (Å²) in [5, 5.41) is 3.09. The van der Waals surface area contributed by atoms with Crippen LogP contribution in [0.5, 0.6) is 0 Å². The molecule has 0 aliphatic carbocycles. The van der Waals surface area contributed by atoms with Crippen molar-refractivity contribution in [1.82, 2.24) is 5.32 Å². The molecule has 0 bridgehead atoms. The quantitative estimate of drug-likeness (QED) is 0.711. The number of anilines is 1. The van der Waals surface area contributed by atoms with Crippen molar-refractivity contribution < 1.29 is 9.53 Å². The number of hydrogen-bond donors (Lipinski definition) is 1. The van der Waals surface area contributed by atoms with E-state index in [1.165, 1.54) is 12.8 Å². The lowest BCUT2D eigenvalue weighted by atomic mass is 9.97. The largest absolute Gasteiger partial charge is 0.468 e. The number of esters is 1. The predicted molar refractivity (Wildman–Crippen MR) is 87.7 cm³/mol. The molecule has 1 unspecified atom stereocenters. The Morgan fingerprint density at radius 1 is 1.29 bits per heavy atom. The van der Waals surface area contributed by atoms with Gasteiger partial charge >= 0.3 is 5.97 Å². The normalized spacial score (nSPS) is 13.5. The van der Waals surface area contributed by atoms with Crippen LogP contribution in [0.1, 0.15) is 33.1 Å². The van der Waals surface area contributed by atoms with Crippen molar-refractivity contribution in [1.29, 1.82) is 0 Å². The smallest absolute Gasteiger partial charge is 0.325 e. The molecular formula is C17H28N2O2. The maximum absolute atomic E-state index is 11.9. The second-order valence-corrected chi connectivity index (χ2v) is 5.50. The van der Waals surface area contributed by atoms with E-state index in [0.717, 1.165) is 25.9 Å². The monoisotopic (exact) mass is 292 g/mol. The maximum Gasteiger partial charge on any atom is 0.325 e. The number of nitrogens with one attached hydrogen (secondary N) is 1. The lowest BCUT2D eigenvalue weighted by molar-refractivity contribution is -0.147. The minimum atomic E-state index is -0.645. The van der Waals surface area contributed by atoms with E-state index in [1.807, 2.05) is 25.1 Å². The van der Waals surface area contributed by atoms with Gasteiger partial charge in [0.1, 0.15) is 5.54 Å². The number of likely N-dealkylation sites (N-methyl/N-ethyl adjacent to an activating group) is 1. The molecule has 1 N–H and O–H groups in total. The fraction of sp³-hybridized carbons (Fsp3) is 0.588. The second-order valence-electron chi connectivity index (χ2n) is 5.50. The third-order valence-corrected chi connectivity index (χ3v) is 3.97. The number of para-hydroxylation sites is 1. The molecule has 0 spiro atoms. The molecule has 0 saturated carbocycles. The summed E-state index contributed by atoms with van der Waals surface area (Å²) in [7, 11) is 3.24. The summed E-state index contributed by atoms with van der Waals surface area (Å²) in [5.41, 5.74) is 0.558. The van der Waals surface area contributed by atoms with Crippen LogP contribution in [0.15, 0.2) is 30.3 Å². The molecule has 0 aromatic heterocycles. The van der Waals surface area contributed by atoms with Crippen LogP contribution >= 0.6 is 0 Å². The van der Waals surface area contributed by atoms with Crippen molar-refractivity contribution in [2.24, 2.45) is 0 Å². The summed E-state index contributed by atoms with van der Waals surface area (Å²) in [6, 6.07) is 10.3. The third kappa shape index (κ3) is 5.05. The highest BCUT2D eigenvalue weighted by Crippen LogP contribution is 2.18. The fourth-order valence-corrected chi connectivity index (χ4v) is 2.27. The summed E-state index contributed by atoms with van der Waals surface area (Å²) < 4.78 is 4.91. The molecule has 1 aromatic rings. The first-order valence-corrected chi connectivity index (χ1v) is 7.64. The topological polar surface area (TPSA) is 41.6 Å². The molecule has 0 heterocycles. The third-order valence-electron chi connectivity index (χ3n) is 3.97. The summed E-state index contributed by atoms with van der Waals surface area (Å²) in [4.78, 5) is 14.3. The molecule has 0 radical (unpaired) electrons. The van der Waals surface area contributed by atoms with E-state index >= 15 is 0 Å². The highest BCUT2D eigenvalue weighted by molar-refractivity contribution is 5.80. The molecule has 4 heteroatoms. The summed E-state index contributed by atoms with van der Waals surface area (Å²) >= 11 is 0. The number of rotatable bonds is 9. The first kappa shape index (κ1) is 17.5. The molecule has 0 saturated heterocycles. The van der Waals surface area contributed by atoms with Crippen molar-refractivity contribution >= 4 is 11.7 Å². The average molecular weight is 292 g/mol. The molecule has 4 nitrogen and oxygen atoms in total. The zero-order valence-electron chi connectivity index (χ0n) is 13.7. The Kier molecular flexibility index (Phi) is 7.23. The van der Waals surface area contributed by atoms with E-state index in [0.29, 0.717) is 6.42 Å². The number of ether oxygens (including phenoxy) is 1. The molecular weight excluding hydrogens is 264 g/mol. The average Bonchev–Trinajstić information content (AvgIpc) is 2.54. The van der Waals surface area contributed by atoms with E-state index < -0.39 is 5.54 Å². The molecule has 0 aliphatic rings. The van der Waals surface area contributed by atoms with Gasteiger partial charge in [-0.15, -0.1) is 0 Å². The van der Waals surface area contributed by atoms with E-state index in [4.69, 9.17) is 4.74 Å². The molecule has 21 heavy (non-hydrogen) atoms. The highest BCUT2D eigenvalue weighted by Gasteiger charge is 2.32. The number of hydrogen-bond acceptors (Lipinski definition) is 4. The highest BCUT2D eigenvalue weighted by atomic mass is 16.5. The Labute approximate surface area is 128 Å². The van der Waals surface area contributed by atoms with Crippen LogP contribution < -0.4 is 10.2 Å². The van der Waals surface area contributed by atoms with Gasteiger partial charge < -0.3 is 15.0 Å². The standard InChI is InChI=1S/C17H28N2O2/c1-5-6-13-19(15-10-8-7-9-11-15)14-12-17(2,18-3)16(20)21-4/h7-11,18H,5-6,12-14H2,1-4H3. The lowest BCUT2D eigenvalue weighted by Crippen LogP contribution is -2.50. The number of benzene rings is 1. The number of nitrogens with zero attached hydrogens (tertiary/aromatic N) is 1. The van der Waals surface area contributed by atoms with Gasteiger partial charge in [-0.3, -0.25) is 4.79 Å². The number of carbonyl (C=O) groups excluding carboxylic acids is 1. The van der Waals surface area contributed by atoms with E-state index in [1.54, 1.807) is 7.05 Å². The van der Waals surface area contributed by atoms with Gasteiger partial charge in [-0.1, -0.05) is 31.5 Å². The molecule has 0 fully saturated rings. The minimum Gasteiger partial charge on any atom is -0.468 e. The predicted octanol–water partition coefficient (Wildman–Crippen LogP) is 2.83. The minimum absolute atomic E-state index is 0.214. The molecule has 118 valence electrons. The van der Waals surface area contributed by atoms with Crippen LogP contribution in [-0.4, -0.2) is 38.8 Å². The first-order valence-electron chi connectivity index (χ1n) is 7.64. The Balaban J connectivity index is 2.75. The van der Waals surface area contributed by atoms with Crippen molar-refractivity contribution in [3.8, 4) is 0 Å². The van der Waals surface area contributed by atoms with Gasteiger partial charge in [-0.25, -0.2) is 0 Å². The van der Waals surface area contributed by atoms with Crippen molar-refractivity contribution in [3.05, 3.63) is 30.3 Å². The molecule has 0 aliphatic heterocycles. The van der Waals surface area contributed by atoms with Crippen molar-refractivity contribution in [3.63, 3.8) is 0 Å². The van der Waals surface area contributed by atoms with Crippen LogP contribution in [0.25, 0.3) is 0 Å². The van der Waals surface area contributed by atoms with Gasteiger partial charge in [0.05, 0.1) is 7.11 Å². The van der Waals surface area contributed by atoms with Gasteiger partial charge in [0.2, 0.25) is 0 Å². The fourth-order valence-electron chi connectivity index (χ4n) is 2.27. The van der Waals surface area contributed by atoms with Gasteiger partial charge in [-0.05, 0) is 38.9 Å². The van der Waals surface area contributed by atoms with Crippen LogP contribution in [0.3, 0.4) is 0 Å². The van der Waals surface area contributed by atoms with Crippen LogP contribution in [0.4, 0.5) is 5.69 Å². The molecule has 1 rings (SSSR count). The van der Waals surface area contributed by atoms with Crippen molar-refractivity contribution in [2.75, 3.05) is 32.1 Å². The maximum atomic E-state index is 11.9. The van der Waals surface area contributed by atoms with Gasteiger partial charge in [0.15, 0.2) is 0 Å². The molecule has 1 atom stereocenters. The number of methoxy groups -OCH3 is 1. The van der Waals surface area contributed by atoms with Crippen LogP contribution in [-0.2, 0) is 9.53 Å². The second kappa shape index (κ2) is 8.67. The van der Waals surface area contributed by atoms with E-state index in [9.17, 15) is 4.79 Å². The van der Waals surface area contributed by atoms with Gasteiger partial charge in [-0.2, -0.15) is 0 Å². The van der Waals surface area contributed by atoms with Gasteiger partial charge in [0, 0.05) is 18.8 Å². The lowest BCUT2D eigenvalue weighted by Gasteiger charge is -2.31. The number of carbonyl (C=O) groups is 1. The zero-order chi connectivity index (χ0) is 15.7. The molecule has 0 amide bonds. The first-order chi connectivity index (χ1) is 10.1. The summed E-state index contributed by atoms with van der Waals surface area (Å²) in [6.07, 6.45) is 3.00. The zero-order valence-corrected chi connectivity index (χ0v) is 13.7. The summed E-state index contributed by atoms with van der Waals surface area (Å²) in [5.74, 6) is -0.214. The Morgan fingerprint density at radius 3 is 2.48 bits per heavy atom. The van der Waals surface area contributed by atoms with Crippen LogP contribution in [0, 0.1) is 0 Å². The van der Waals surface area contributed by atoms with E-state index in [-0.39, 0.29) is 5.97 Å². The Morgan fingerprint density at radius 2 is 1.95 bits per heavy atom. The van der Waals surface area contributed by atoms with Crippen molar-refractivity contribution in [2.45, 2.75) is 38.6 Å². The molecule has 1 aromatic carbocycles.